The first kappa shape index (κ1) is 6.20. The summed E-state index contributed by atoms with van der Waals surface area (Å²) in [6.07, 6.45) is 0. The molecular weight excluding hydrogens is 134 g/mol. The van der Waals surface area contributed by atoms with Gasteiger partial charge >= 0.3 is 0 Å². The van der Waals surface area contributed by atoms with Gasteiger partial charge in [0.15, 0.2) is 0 Å². The van der Waals surface area contributed by atoms with Gasteiger partial charge in [-0.05, 0) is 10.6 Å². The molecule has 0 aliphatic heterocycles. The average Bonchev–Trinajstić information content (AvgIpc) is 1.77. The van der Waals surface area contributed by atoms with E-state index in [0.717, 1.165) is 5.30 Å². The highest BCUT2D eigenvalue weighted by molar-refractivity contribution is 7.35. The van der Waals surface area contributed by atoms with Crippen LogP contribution in [0.3, 0.4) is 0 Å². The molecule has 2 heteroatoms. The summed E-state index contributed by atoms with van der Waals surface area (Å²) in [6.45, 7) is 0. The van der Waals surface area contributed by atoms with Crippen molar-refractivity contribution < 1.29 is 0 Å². The molecule has 0 heterocycles. The van der Waals surface area contributed by atoms with Crippen LogP contribution < -0.4 is 10.6 Å². The third kappa shape index (κ3) is 1.28. The number of hydrogen-bond acceptors (Lipinski definition) is 0. The maximum atomic E-state index is 3.42. The molecule has 0 N–H and O–H groups in total. The summed E-state index contributed by atoms with van der Waals surface area (Å²) >= 11 is 0. The molecule has 0 saturated heterocycles. The van der Waals surface area contributed by atoms with Crippen LogP contribution in [-0.4, -0.2) is 0 Å². The zero-order valence-corrected chi connectivity index (χ0v) is 6.54. The predicted octanol–water partition coefficient (Wildman–Crippen LogP) is 0.955. The van der Waals surface area contributed by atoms with Crippen LogP contribution in [0.4, 0.5) is 0 Å². The molecule has 1 aromatic rings. The van der Waals surface area contributed by atoms with Gasteiger partial charge < -0.3 is 0 Å². The van der Waals surface area contributed by atoms with Crippen molar-refractivity contribution >= 4 is 29.1 Å². The fourth-order valence-corrected chi connectivity index (χ4v) is 0.884. The van der Waals surface area contributed by atoms with Crippen molar-refractivity contribution in [3.8, 4) is 0 Å². The number of benzene rings is 1. The SMILES string of the molecule is [PH]c1ccccc1P. The lowest BCUT2D eigenvalue weighted by molar-refractivity contribution is 1.84. The van der Waals surface area contributed by atoms with E-state index < -0.39 is 0 Å². The Balaban J connectivity index is 3.13. The molecule has 0 aliphatic carbocycles. The van der Waals surface area contributed by atoms with E-state index in [1.807, 2.05) is 24.3 Å². The molecule has 8 heavy (non-hydrogen) atoms. The van der Waals surface area contributed by atoms with Crippen LogP contribution in [0.15, 0.2) is 24.3 Å². The Kier molecular flexibility index (Phi) is 2.00. The summed E-state index contributed by atoms with van der Waals surface area (Å²) in [6, 6.07) is 8.05. The fraction of sp³-hybridized carbons (Fsp3) is 0. The topological polar surface area (TPSA) is 0 Å². The number of rotatable bonds is 0. The average molecular weight is 141 g/mol. The van der Waals surface area contributed by atoms with Crippen molar-refractivity contribution in [2.24, 2.45) is 0 Å². The monoisotopic (exact) mass is 141 g/mol. The van der Waals surface area contributed by atoms with E-state index in [1.165, 1.54) is 5.30 Å². The maximum Gasteiger partial charge on any atom is -0.0156 e. The van der Waals surface area contributed by atoms with Crippen LogP contribution in [0.2, 0.25) is 0 Å². The minimum Gasteiger partial charge on any atom is -0.105 e. The van der Waals surface area contributed by atoms with Crippen LogP contribution in [0.1, 0.15) is 0 Å². The van der Waals surface area contributed by atoms with E-state index in [4.69, 9.17) is 0 Å². The van der Waals surface area contributed by atoms with E-state index in [-0.39, 0.29) is 0 Å². The molecule has 1 rings (SSSR count). The first-order valence-corrected chi connectivity index (χ1v) is 3.44. The first-order valence-electron chi connectivity index (χ1n) is 2.37. The Morgan fingerprint density at radius 2 is 1.88 bits per heavy atom. The molecule has 0 amide bonds. The molecule has 0 spiro atoms. The van der Waals surface area contributed by atoms with Gasteiger partial charge in [-0.2, -0.15) is 0 Å². The van der Waals surface area contributed by atoms with Gasteiger partial charge in [-0.3, -0.25) is 0 Å². The highest BCUT2D eigenvalue weighted by Crippen LogP contribution is 1.90. The van der Waals surface area contributed by atoms with E-state index in [9.17, 15) is 0 Å². The van der Waals surface area contributed by atoms with Gasteiger partial charge in [0, 0.05) is 0 Å². The lowest BCUT2D eigenvalue weighted by Gasteiger charge is -1.92. The van der Waals surface area contributed by atoms with Crippen LogP contribution in [0.5, 0.6) is 0 Å². The van der Waals surface area contributed by atoms with Crippen LogP contribution in [0.25, 0.3) is 0 Å². The van der Waals surface area contributed by atoms with E-state index in [1.54, 1.807) is 0 Å². The molecular formula is C6H7P2. The summed E-state index contributed by atoms with van der Waals surface area (Å²) in [7, 11) is 6.06. The summed E-state index contributed by atoms with van der Waals surface area (Å²) in [4.78, 5) is 0. The maximum absolute atomic E-state index is 3.42. The van der Waals surface area contributed by atoms with Gasteiger partial charge in [0.1, 0.15) is 0 Å². The van der Waals surface area contributed by atoms with Crippen molar-refractivity contribution in [1.82, 2.24) is 0 Å². The van der Waals surface area contributed by atoms with Crippen molar-refractivity contribution in [3.63, 3.8) is 0 Å². The molecule has 0 bridgehead atoms. The Morgan fingerprint density at radius 3 is 2.25 bits per heavy atom. The predicted molar refractivity (Wildman–Crippen MR) is 43.7 cm³/mol. The van der Waals surface area contributed by atoms with E-state index in [0.29, 0.717) is 0 Å². The standard InChI is InChI=1S/C6H7P2/c7-5-3-1-2-4-6(5)8/h1-4,7H,8H2. The van der Waals surface area contributed by atoms with Gasteiger partial charge in [0.05, 0.1) is 0 Å². The first-order chi connectivity index (χ1) is 3.80. The third-order valence-electron chi connectivity index (χ3n) is 0.961. The summed E-state index contributed by atoms with van der Waals surface area (Å²) < 4.78 is 0. The van der Waals surface area contributed by atoms with Crippen LogP contribution >= 0.6 is 18.5 Å². The smallest absolute Gasteiger partial charge is 0.0156 e. The zero-order chi connectivity index (χ0) is 5.98. The minimum absolute atomic E-state index is 1.14. The zero-order valence-electron chi connectivity index (χ0n) is 4.39. The second kappa shape index (κ2) is 2.58. The summed E-state index contributed by atoms with van der Waals surface area (Å²) in [5.41, 5.74) is 0. The van der Waals surface area contributed by atoms with Crippen molar-refractivity contribution in [2.45, 2.75) is 0 Å². The van der Waals surface area contributed by atoms with E-state index >= 15 is 0 Å². The van der Waals surface area contributed by atoms with Crippen molar-refractivity contribution in [1.29, 1.82) is 0 Å². The molecule has 0 aromatic heterocycles. The van der Waals surface area contributed by atoms with Crippen molar-refractivity contribution in [2.75, 3.05) is 0 Å². The van der Waals surface area contributed by atoms with Gasteiger partial charge in [-0.25, -0.2) is 0 Å². The normalized spacial score (nSPS) is 9.25. The molecule has 0 fully saturated rings. The fourth-order valence-electron chi connectivity index (χ4n) is 0.497. The quantitative estimate of drug-likeness (QED) is 0.472. The minimum atomic E-state index is 1.14. The molecule has 41 valence electrons. The van der Waals surface area contributed by atoms with Gasteiger partial charge in [-0.1, -0.05) is 33.5 Å². The van der Waals surface area contributed by atoms with Crippen LogP contribution in [0, 0.1) is 0 Å². The van der Waals surface area contributed by atoms with Crippen molar-refractivity contribution in [3.05, 3.63) is 24.3 Å². The highest BCUT2D eigenvalue weighted by Gasteiger charge is 1.84. The number of hydrogen-bond donors (Lipinski definition) is 0. The van der Waals surface area contributed by atoms with Gasteiger partial charge in [0.2, 0.25) is 0 Å². The van der Waals surface area contributed by atoms with Crippen LogP contribution in [-0.2, 0) is 0 Å². The Labute approximate surface area is 54.1 Å². The summed E-state index contributed by atoms with van der Waals surface area (Å²) in [5.74, 6) is 0. The molecule has 1 aromatic carbocycles. The Morgan fingerprint density at radius 1 is 1.25 bits per heavy atom. The molecule has 0 nitrogen and oxygen atoms in total. The summed E-state index contributed by atoms with van der Waals surface area (Å²) in [5, 5.41) is 2.33. The lowest BCUT2D eigenvalue weighted by atomic mass is 10.4. The van der Waals surface area contributed by atoms with E-state index in [2.05, 4.69) is 18.5 Å². The van der Waals surface area contributed by atoms with Gasteiger partial charge in [-0.15, -0.1) is 9.24 Å². The lowest BCUT2D eigenvalue weighted by Crippen LogP contribution is -2.08. The Bertz CT molecular complexity index is 163. The van der Waals surface area contributed by atoms with Gasteiger partial charge in [0.25, 0.3) is 0 Å². The molecule has 1 atom stereocenters. The molecule has 1 unspecified atom stereocenters. The molecule has 0 saturated carbocycles. The molecule has 0 aliphatic rings. The third-order valence-corrected chi connectivity index (χ3v) is 2.21. The largest absolute Gasteiger partial charge is 0.105 e. The Hall–Kier alpha value is 0.0800. The second-order valence-electron chi connectivity index (χ2n) is 1.59. The second-order valence-corrected chi connectivity index (χ2v) is 2.75. The molecule has 1 radical (unpaired) electrons. The highest BCUT2D eigenvalue weighted by atomic mass is 31.0.